The standard InChI is InChI=1S/C23H26N2O4/c1-24-19-14-25(13-18(22(24)26)15-28-16-19)23(27)20-9-5-6-10-21(20)29-12-11-17-7-3-2-4-8-17/h2-10,18-19H,11-16H2,1H3/t18-,19+/m1/s1. The van der Waals surface area contributed by atoms with Gasteiger partial charge in [-0.15, -0.1) is 0 Å². The van der Waals surface area contributed by atoms with Crippen molar-refractivity contribution in [2.75, 3.05) is 40.0 Å². The summed E-state index contributed by atoms with van der Waals surface area (Å²) in [7, 11) is 1.79. The highest BCUT2D eigenvalue weighted by atomic mass is 16.5. The van der Waals surface area contributed by atoms with Crippen molar-refractivity contribution in [1.29, 1.82) is 0 Å². The summed E-state index contributed by atoms with van der Waals surface area (Å²) in [6.45, 7) is 2.15. The van der Waals surface area contributed by atoms with Crippen LogP contribution in [0, 0.1) is 5.92 Å². The lowest BCUT2D eigenvalue weighted by Crippen LogP contribution is -2.45. The lowest BCUT2D eigenvalue weighted by atomic mass is 10.1. The van der Waals surface area contributed by atoms with E-state index in [1.165, 1.54) is 5.56 Å². The Balaban J connectivity index is 1.48. The molecular formula is C23H26N2O4. The number of rotatable bonds is 5. The number of nitrogens with zero attached hydrogens (tertiary/aromatic N) is 2. The molecule has 2 aliphatic rings. The number of ether oxygens (including phenoxy) is 2. The van der Waals surface area contributed by atoms with Crippen LogP contribution >= 0.6 is 0 Å². The molecule has 2 atom stereocenters. The van der Waals surface area contributed by atoms with E-state index >= 15 is 0 Å². The fourth-order valence-corrected chi connectivity index (χ4v) is 3.93. The maximum Gasteiger partial charge on any atom is 0.257 e. The first-order valence-corrected chi connectivity index (χ1v) is 10.0. The summed E-state index contributed by atoms with van der Waals surface area (Å²) in [5, 5.41) is 0. The maximum absolute atomic E-state index is 13.3. The Hall–Kier alpha value is -2.86. The van der Waals surface area contributed by atoms with Gasteiger partial charge in [0.25, 0.3) is 5.91 Å². The molecule has 152 valence electrons. The fourth-order valence-electron chi connectivity index (χ4n) is 3.93. The zero-order valence-corrected chi connectivity index (χ0v) is 16.6. The van der Waals surface area contributed by atoms with Crippen molar-refractivity contribution in [2.45, 2.75) is 12.5 Å². The largest absolute Gasteiger partial charge is 0.492 e. The zero-order valence-electron chi connectivity index (χ0n) is 16.6. The first-order valence-electron chi connectivity index (χ1n) is 10.0. The van der Waals surface area contributed by atoms with Gasteiger partial charge in [0.2, 0.25) is 5.91 Å². The first kappa shape index (κ1) is 19.5. The topological polar surface area (TPSA) is 59.1 Å². The molecule has 4 rings (SSSR count). The first-order chi connectivity index (χ1) is 14.1. The van der Waals surface area contributed by atoms with E-state index in [4.69, 9.17) is 9.47 Å². The highest BCUT2D eigenvalue weighted by Gasteiger charge is 2.39. The van der Waals surface area contributed by atoms with Gasteiger partial charge in [-0.25, -0.2) is 0 Å². The normalized spacial score (nSPS) is 21.6. The summed E-state index contributed by atoms with van der Waals surface area (Å²) in [5.41, 5.74) is 1.73. The van der Waals surface area contributed by atoms with Crippen LogP contribution in [0.4, 0.5) is 0 Å². The second-order valence-corrected chi connectivity index (χ2v) is 7.63. The van der Waals surface area contributed by atoms with Gasteiger partial charge in [0.05, 0.1) is 37.3 Å². The third-order valence-corrected chi connectivity index (χ3v) is 5.64. The highest BCUT2D eigenvalue weighted by Crippen LogP contribution is 2.25. The third kappa shape index (κ3) is 4.27. The molecular weight excluding hydrogens is 368 g/mol. The molecule has 0 saturated carbocycles. The molecule has 0 aromatic heterocycles. The summed E-state index contributed by atoms with van der Waals surface area (Å²) in [4.78, 5) is 29.4. The average Bonchev–Trinajstić information content (AvgIpc) is 2.93. The van der Waals surface area contributed by atoms with Gasteiger partial charge in [0.1, 0.15) is 5.75 Å². The fraction of sp³-hybridized carbons (Fsp3) is 0.391. The summed E-state index contributed by atoms with van der Waals surface area (Å²) in [6, 6.07) is 17.3. The van der Waals surface area contributed by atoms with Crippen LogP contribution in [0.2, 0.25) is 0 Å². The SMILES string of the molecule is CN1C(=O)[C@H]2COC[C@@H]1CN(C(=O)c1ccccc1OCCc1ccccc1)C2. The minimum Gasteiger partial charge on any atom is -0.492 e. The number of para-hydroxylation sites is 1. The van der Waals surface area contributed by atoms with Gasteiger partial charge < -0.3 is 19.3 Å². The molecule has 2 aromatic rings. The number of benzene rings is 2. The van der Waals surface area contributed by atoms with E-state index in [9.17, 15) is 9.59 Å². The minimum atomic E-state index is -0.317. The molecule has 2 amide bonds. The van der Waals surface area contributed by atoms with Crippen molar-refractivity contribution in [1.82, 2.24) is 9.80 Å². The van der Waals surface area contributed by atoms with Crippen LogP contribution in [0.15, 0.2) is 54.6 Å². The van der Waals surface area contributed by atoms with Crippen LogP contribution in [0.3, 0.4) is 0 Å². The number of hydrogen-bond acceptors (Lipinski definition) is 4. The number of carbonyl (C=O) groups is 2. The van der Waals surface area contributed by atoms with E-state index in [1.807, 2.05) is 36.4 Å². The summed E-state index contributed by atoms with van der Waals surface area (Å²) >= 11 is 0. The van der Waals surface area contributed by atoms with E-state index in [-0.39, 0.29) is 23.8 Å². The van der Waals surface area contributed by atoms with Crippen molar-refractivity contribution < 1.29 is 19.1 Å². The predicted molar refractivity (Wildman–Crippen MR) is 109 cm³/mol. The zero-order chi connectivity index (χ0) is 20.2. The van der Waals surface area contributed by atoms with Gasteiger partial charge >= 0.3 is 0 Å². The minimum absolute atomic E-state index is 0.0511. The second-order valence-electron chi connectivity index (χ2n) is 7.63. The molecule has 0 aliphatic carbocycles. The molecule has 6 nitrogen and oxygen atoms in total. The van der Waals surface area contributed by atoms with Gasteiger partial charge in [0, 0.05) is 26.6 Å². The number of fused-ring (bicyclic) bond motifs is 3. The third-order valence-electron chi connectivity index (χ3n) is 5.64. The molecule has 2 fully saturated rings. The van der Waals surface area contributed by atoms with E-state index in [0.717, 1.165) is 6.42 Å². The number of amides is 2. The molecule has 29 heavy (non-hydrogen) atoms. The molecule has 0 spiro atoms. The lowest BCUT2D eigenvalue weighted by Gasteiger charge is -2.29. The maximum atomic E-state index is 13.3. The van der Waals surface area contributed by atoms with Gasteiger partial charge in [0.15, 0.2) is 0 Å². The van der Waals surface area contributed by atoms with Gasteiger partial charge in [-0.05, 0) is 17.7 Å². The Morgan fingerprint density at radius 1 is 1.07 bits per heavy atom. The van der Waals surface area contributed by atoms with Crippen LogP contribution in [-0.2, 0) is 16.0 Å². The number of carbonyl (C=O) groups excluding carboxylic acids is 2. The van der Waals surface area contributed by atoms with E-state index in [0.29, 0.717) is 44.2 Å². The van der Waals surface area contributed by atoms with Crippen LogP contribution < -0.4 is 4.74 Å². The van der Waals surface area contributed by atoms with Crippen molar-refractivity contribution >= 4 is 11.8 Å². The van der Waals surface area contributed by atoms with Crippen molar-refractivity contribution in [2.24, 2.45) is 5.92 Å². The summed E-state index contributed by atoms with van der Waals surface area (Å²) < 4.78 is 11.6. The van der Waals surface area contributed by atoms with Crippen molar-refractivity contribution in [3.05, 3.63) is 65.7 Å². The molecule has 0 unspecified atom stereocenters. The Morgan fingerprint density at radius 3 is 2.66 bits per heavy atom. The van der Waals surface area contributed by atoms with Gasteiger partial charge in [-0.2, -0.15) is 0 Å². The Morgan fingerprint density at radius 2 is 1.83 bits per heavy atom. The summed E-state index contributed by atoms with van der Waals surface area (Å²) in [6.07, 6.45) is 0.772. The van der Waals surface area contributed by atoms with Crippen LogP contribution in [-0.4, -0.2) is 67.6 Å². The van der Waals surface area contributed by atoms with Crippen molar-refractivity contribution in [3.63, 3.8) is 0 Å². The molecule has 2 aromatic carbocycles. The monoisotopic (exact) mass is 394 g/mol. The van der Waals surface area contributed by atoms with Crippen LogP contribution in [0.5, 0.6) is 5.75 Å². The Labute approximate surface area is 171 Å². The lowest BCUT2D eigenvalue weighted by molar-refractivity contribution is -0.133. The van der Waals surface area contributed by atoms with E-state index in [2.05, 4.69) is 12.1 Å². The predicted octanol–water partition coefficient (Wildman–Crippen LogP) is 2.24. The molecule has 0 N–H and O–H groups in total. The number of likely N-dealkylation sites (N-methyl/N-ethyl adjacent to an activating group) is 1. The van der Waals surface area contributed by atoms with Crippen LogP contribution in [0.25, 0.3) is 0 Å². The van der Waals surface area contributed by atoms with Crippen LogP contribution in [0.1, 0.15) is 15.9 Å². The van der Waals surface area contributed by atoms with E-state index < -0.39 is 0 Å². The smallest absolute Gasteiger partial charge is 0.257 e. The quantitative estimate of drug-likeness (QED) is 0.780. The van der Waals surface area contributed by atoms with Gasteiger partial charge in [-0.3, -0.25) is 9.59 Å². The Bertz CT molecular complexity index is 870. The Kier molecular flexibility index (Phi) is 5.81. The molecule has 2 saturated heterocycles. The molecule has 2 heterocycles. The van der Waals surface area contributed by atoms with Crippen molar-refractivity contribution in [3.8, 4) is 5.75 Å². The molecule has 2 bridgehead atoms. The number of hydrogen-bond donors (Lipinski definition) is 0. The van der Waals surface area contributed by atoms with Gasteiger partial charge in [-0.1, -0.05) is 42.5 Å². The molecule has 2 aliphatic heterocycles. The average molecular weight is 394 g/mol. The summed E-state index contributed by atoms with van der Waals surface area (Å²) in [5.74, 6) is 0.219. The second kappa shape index (κ2) is 8.66. The highest BCUT2D eigenvalue weighted by molar-refractivity contribution is 5.97. The molecule has 0 radical (unpaired) electrons. The van der Waals surface area contributed by atoms with E-state index in [1.54, 1.807) is 22.9 Å². The molecule has 6 heteroatoms.